The number of sulfonamides is 1. The number of hydrogen-bond acceptors (Lipinski definition) is 6. The van der Waals surface area contributed by atoms with Crippen LogP contribution in [0.4, 0.5) is 5.69 Å². The minimum atomic E-state index is -3.97. The number of benzene rings is 3. The average molecular weight is 431 g/mol. The minimum Gasteiger partial charge on any atom is -0.495 e. The molecule has 150 valence electrons. The molecule has 4 aromatic rings. The van der Waals surface area contributed by atoms with Crippen molar-refractivity contribution in [2.45, 2.75) is 9.79 Å². The third kappa shape index (κ3) is 3.54. The Balaban J connectivity index is 1.77. The number of anilines is 1. The van der Waals surface area contributed by atoms with E-state index in [0.717, 1.165) is 17.0 Å². The van der Waals surface area contributed by atoms with E-state index in [-0.39, 0.29) is 15.5 Å². The molecule has 0 amide bonds. The topological polar surface area (TPSA) is 103 Å². The van der Waals surface area contributed by atoms with Crippen LogP contribution in [0.3, 0.4) is 0 Å². The van der Waals surface area contributed by atoms with Gasteiger partial charge in [0.1, 0.15) is 16.9 Å². The molecule has 0 saturated carbocycles. The van der Waals surface area contributed by atoms with Crippen LogP contribution in [0.5, 0.6) is 5.75 Å². The van der Waals surface area contributed by atoms with Crippen molar-refractivity contribution in [3.63, 3.8) is 0 Å². The van der Waals surface area contributed by atoms with Gasteiger partial charge in [0.25, 0.3) is 10.0 Å². The Kier molecular flexibility index (Phi) is 4.51. The number of nitrogens with one attached hydrogen (secondary N) is 1. The number of para-hydroxylation sites is 1. The Labute approximate surface area is 167 Å². The van der Waals surface area contributed by atoms with Crippen LogP contribution in [0.2, 0.25) is 0 Å². The molecule has 0 unspecified atom stereocenters. The molecule has 1 heterocycles. The van der Waals surface area contributed by atoms with E-state index in [2.05, 4.69) is 4.72 Å². The van der Waals surface area contributed by atoms with E-state index in [1.165, 1.54) is 31.4 Å². The summed E-state index contributed by atoms with van der Waals surface area (Å²) in [6.07, 6.45) is 1.06. The van der Waals surface area contributed by atoms with E-state index in [4.69, 9.17) is 9.15 Å². The minimum absolute atomic E-state index is 0.0396. The molecule has 4 rings (SSSR count). The van der Waals surface area contributed by atoms with Crippen LogP contribution in [0.25, 0.3) is 21.9 Å². The zero-order valence-electron chi connectivity index (χ0n) is 15.5. The molecule has 0 aliphatic carbocycles. The number of methoxy groups -OCH3 is 1. The van der Waals surface area contributed by atoms with Crippen molar-refractivity contribution < 1.29 is 26.0 Å². The highest BCUT2D eigenvalue weighted by Gasteiger charge is 2.20. The first-order chi connectivity index (χ1) is 13.7. The summed E-state index contributed by atoms with van der Waals surface area (Å²) in [5.74, 6) is 0.334. The fourth-order valence-corrected chi connectivity index (χ4v) is 4.76. The SMILES string of the molecule is COc1cc2c(cc1NS(=O)(=O)c1ccc(S(C)(=O)=O)cc1)oc1ccccc12. The number of sulfone groups is 1. The van der Waals surface area contributed by atoms with Crippen LogP contribution >= 0.6 is 0 Å². The van der Waals surface area contributed by atoms with Gasteiger partial charge < -0.3 is 9.15 Å². The van der Waals surface area contributed by atoms with Gasteiger partial charge in [-0.05, 0) is 36.4 Å². The van der Waals surface area contributed by atoms with Crippen molar-refractivity contribution in [3.05, 3.63) is 60.7 Å². The van der Waals surface area contributed by atoms with E-state index in [9.17, 15) is 16.8 Å². The molecule has 1 aromatic heterocycles. The second-order valence-electron chi connectivity index (χ2n) is 6.50. The maximum atomic E-state index is 12.8. The summed E-state index contributed by atoms with van der Waals surface area (Å²) in [7, 11) is -5.95. The first-order valence-corrected chi connectivity index (χ1v) is 11.9. The largest absolute Gasteiger partial charge is 0.495 e. The Bertz CT molecular complexity index is 1440. The molecule has 29 heavy (non-hydrogen) atoms. The lowest BCUT2D eigenvalue weighted by atomic mass is 10.1. The molecule has 0 spiro atoms. The molecule has 7 nitrogen and oxygen atoms in total. The van der Waals surface area contributed by atoms with Crippen molar-refractivity contribution in [1.82, 2.24) is 0 Å². The number of ether oxygens (including phenoxy) is 1. The number of hydrogen-bond donors (Lipinski definition) is 1. The van der Waals surface area contributed by atoms with Gasteiger partial charge in [-0.1, -0.05) is 18.2 Å². The quantitative estimate of drug-likeness (QED) is 0.516. The predicted octanol–water partition coefficient (Wildman–Crippen LogP) is 3.80. The molecule has 0 aliphatic rings. The van der Waals surface area contributed by atoms with Crippen LogP contribution in [0.15, 0.2) is 74.9 Å². The van der Waals surface area contributed by atoms with Gasteiger partial charge in [-0.3, -0.25) is 4.72 Å². The molecule has 1 N–H and O–H groups in total. The van der Waals surface area contributed by atoms with Gasteiger partial charge in [-0.2, -0.15) is 0 Å². The Morgan fingerprint density at radius 3 is 2.14 bits per heavy atom. The predicted molar refractivity (Wildman–Crippen MR) is 111 cm³/mol. The molecule has 0 radical (unpaired) electrons. The third-order valence-corrected chi connectivity index (χ3v) is 7.02. The maximum absolute atomic E-state index is 12.8. The number of fused-ring (bicyclic) bond motifs is 3. The first-order valence-electron chi connectivity index (χ1n) is 8.51. The molecule has 9 heteroatoms. The van der Waals surface area contributed by atoms with E-state index in [1.54, 1.807) is 12.1 Å². The fourth-order valence-electron chi connectivity index (χ4n) is 3.07. The smallest absolute Gasteiger partial charge is 0.262 e. The van der Waals surface area contributed by atoms with Gasteiger partial charge in [0.05, 0.1) is 22.6 Å². The van der Waals surface area contributed by atoms with Crippen LogP contribution < -0.4 is 9.46 Å². The number of furan rings is 1. The van der Waals surface area contributed by atoms with Crippen molar-refractivity contribution in [2.24, 2.45) is 0 Å². The van der Waals surface area contributed by atoms with E-state index >= 15 is 0 Å². The van der Waals surface area contributed by atoms with Crippen LogP contribution in [-0.2, 0) is 19.9 Å². The summed E-state index contributed by atoms with van der Waals surface area (Å²) < 4.78 is 62.4. The first kappa shape index (κ1) is 19.3. The lowest BCUT2D eigenvalue weighted by Crippen LogP contribution is -2.14. The van der Waals surface area contributed by atoms with Gasteiger partial charge in [0.2, 0.25) is 0 Å². The Morgan fingerprint density at radius 2 is 1.48 bits per heavy atom. The molecular formula is C20H17NO6S2. The Morgan fingerprint density at radius 1 is 0.828 bits per heavy atom. The molecule has 0 saturated heterocycles. The summed E-state index contributed by atoms with van der Waals surface area (Å²) in [5.41, 5.74) is 1.41. The van der Waals surface area contributed by atoms with Crippen molar-refractivity contribution in [1.29, 1.82) is 0 Å². The molecule has 0 bridgehead atoms. The molecule has 3 aromatic carbocycles. The van der Waals surface area contributed by atoms with Crippen LogP contribution in [0.1, 0.15) is 0 Å². The average Bonchev–Trinajstić information content (AvgIpc) is 3.03. The maximum Gasteiger partial charge on any atom is 0.262 e. The lowest BCUT2D eigenvalue weighted by Gasteiger charge is -2.12. The Hall–Kier alpha value is -3.04. The lowest BCUT2D eigenvalue weighted by molar-refractivity contribution is 0.417. The van der Waals surface area contributed by atoms with Gasteiger partial charge in [-0.25, -0.2) is 16.8 Å². The zero-order chi connectivity index (χ0) is 20.8. The second kappa shape index (κ2) is 6.78. The van der Waals surface area contributed by atoms with Gasteiger partial charge in [0, 0.05) is 23.1 Å². The molecule has 0 fully saturated rings. The molecule has 0 aliphatic heterocycles. The van der Waals surface area contributed by atoms with E-state index in [1.807, 2.05) is 24.3 Å². The van der Waals surface area contributed by atoms with Gasteiger partial charge in [0.15, 0.2) is 9.84 Å². The van der Waals surface area contributed by atoms with Crippen molar-refractivity contribution >= 4 is 47.5 Å². The standard InChI is InChI=1S/C20H17NO6S2/c1-26-20-11-16-15-5-3-4-6-18(15)27-19(16)12-17(20)21-29(24,25)14-9-7-13(8-10-14)28(2,22)23/h3-12,21H,1-2H3. The highest BCUT2D eigenvalue weighted by molar-refractivity contribution is 7.92. The second-order valence-corrected chi connectivity index (χ2v) is 10.2. The normalized spacial score (nSPS) is 12.3. The summed E-state index contributed by atoms with van der Waals surface area (Å²) in [6, 6.07) is 15.8. The summed E-state index contributed by atoms with van der Waals surface area (Å²) in [6.45, 7) is 0. The zero-order valence-corrected chi connectivity index (χ0v) is 17.2. The highest BCUT2D eigenvalue weighted by Crippen LogP contribution is 2.37. The number of rotatable bonds is 5. The van der Waals surface area contributed by atoms with Crippen LogP contribution in [-0.4, -0.2) is 30.2 Å². The summed E-state index contributed by atoms with van der Waals surface area (Å²) in [5, 5.41) is 1.70. The van der Waals surface area contributed by atoms with Crippen LogP contribution in [0, 0.1) is 0 Å². The van der Waals surface area contributed by atoms with E-state index < -0.39 is 19.9 Å². The fraction of sp³-hybridized carbons (Fsp3) is 0.100. The molecule has 0 atom stereocenters. The summed E-state index contributed by atoms with van der Waals surface area (Å²) in [4.78, 5) is -0.0330. The highest BCUT2D eigenvalue weighted by atomic mass is 32.2. The van der Waals surface area contributed by atoms with Gasteiger partial charge >= 0.3 is 0 Å². The van der Waals surface area contributed by atoms with Crippen molar-refractivity contribution in [2.75, 3.05) is 18.1 Å². The van der Waals surface area contributed by atoms with Crippen molar-refractivity contribution in [3.8, 4) is 5.75 Å². The van der Waals surface area contributed by atoms with E-state index in [0.29, 0.717) is 16.9 Å². The third-order valence-electron chi connectivity index (χ3n) is 4.51. The summed E-state index contributed by atoms with van der Waals surface area (Å²) >= 11 is 0. The molecular weight excluding hydrogens is 414 g/mol. The monoisotopic (exact) mass is 431 g/mol. The van der Waals surface area contributed by atoms with Gasteiger partial charge in [-0.15, -0.1) is 0 Å².